The Hall–Kier alpha value is -2.27. The number of fused-ring (bicyclic) bond motifs is 1. The monoisotopic (exact) mass is 344 g/mol. The summed E-state index contributed by atoms with van der Waals surface area (Å²) in [5.74, 6) is -1.38. The Labute approximate surface area is 147 Å². The molecule has 1 N–H and O–H groups in total. The summed E-state index contributed by atoms with van der Waals surface area (Å²) in [5.41, 5.74) is 1.54. The molecule has 25 heavy (non-hydrogen) atoms. The van der Waals surface area contributed by atoms with E-state index >= 15 is 0 Å². The second-order valence-corrected chi connectivity index (χ2v) is 6.56. The smallest absolute Gasteiger partial charge is 0.310 e. The topological polar surface area (TPSA) is 80.7 Å². The molecule has 0 radical (unpaired) electrons. The van der Waals surface area contributed by atoms with Crippen LogP contribution in [0.1, 0.15) is 50.3 Å². The normalized spacial score (nSPS) is 23.1. The maximum atomic E-state index is 12.7. The number of aliphatic hydroxyl groups excluding tert-OH is 1. The summed E-state index contributed by atoms with van der Waals surface area (Å²) >= 11 is 0. The lowest BCUT2D eigenvalue weighted by atomic mass is 9.93. The Bertz CT molecular complexity index is 676. The standard InChI is InChI=1S/C20H24O5/c1-13-7-3-4-8-15-9-5-6-10-17(15)19(25-20(13)24)18(23)12-16(22)11-14(2)21/h3-6,9-10,13,16,19,22H,7-8,11-12H2,1-2H3/b4-3-/t13-,16+,19-/m0/s1. The number of carbonyl (C=O) groups excluding carboxylic acids is 3. The van der Waals surface area contributed by atoms with Crippen molar-refractivity contribution in [2.45, 2.75) is 51.7 Å². The van der Waals surface area contributed by atoms with Crippen molar-refractivity contribution in [2.75, 3.05) is 0 Å². The number of esters is 1. The maximum absolute atomic E-state index is 12.7. The Balaban J connectivity index is 2.31. The predicted octanol–water partition coefficient (Wildman–Crippen LogP) is 2.71. The first kappa shape index (κ1) is 19.1. The molecule has 0 unspecified atom stereocenters. The summed E-state index contributed by atoms with van der Waals surface area (Å²) in [4.78, 5) is 36.1. The zero-order chi connectivity index (χ0) is 18.4. The van der Waals surface area contributed by atoms with Gasteiger partial charge in [0.15, 0.2) is 11.9 Å². The highest BCUT2D eigenvalue weighted by molar-refractivity contribution is 5.88. The number of cyclic esters (lactones) is 1. The van der Waals surface area contributed by atoms with Gasteiger partial charge in [-0.1, -0.05) is 43.3 Å². The van der Waals surface area contributed by atoms with Crippen LogP contribution in [0.4, 0.5) is 0 Å². The molecule has 0 bridgehead atoms. The van der Waals surface area contributed by atoms with E-state index in [9.17, 15) is 19.5 Å². The number of rotatable bonds is 5. The molecular formula is C20H24O5. The number of hydrogen-bond donors (Lipinski definition) is 1. The molecule has 2 rings (SSSR count). The number of benzene rings is 1. The van der Waals surface area contributed by atoms with Crippen molar-refractivity contribution in [2.24, 2.45) is 5.92 Å². The molecular weight excluding hydrogens is 320 g/mol. The number of Topliss-reactive ketones (excluding diaryl/α,β-unsaturated/α-hetero) is 2. The van der Waals surface area contributed by atoms with Crippen molar-refractivity contribution in [3.8, 4) is 0 Å². The van der Waals surface area contributed by atoms with Crippen LogP contribution >= 0.6 is 0 Å². The molecule has 5 nitrogen and oxygen atoms in total. The second-order valence-electron chi connectivity index (χ2n) is 6.56. The molecule has 0 aromatic heterocycles. The Morgan fingerprint density at radius 2 is 1.96 bits per heavy atom. The van der Waals surface area contributed by atoms with Crippen LogP contribution in [-0.2, 0) is 25.5 Å². The zero-order valence-corrected chi connectivity index (χ0v) is 14.6. The van der Waals surface area contributed by atoms with Gasteiger partial charge in [-0.25, -0.2) is 0 Å². The van der Waals surface area contributed by atoms with Gasteiger partial charge in [0.25, 0.3) is 0 Å². The van der Waals surface area contributed by atoms with E-state index in [2.05, 4.69) is 0 Å². The van der Waals surface area contributed by atoms with E-state index in [-0.39, 0.29) is 24.5 Å². The summed E-state index contributed by atoms with van der Waals surface area (Å²) < 4.78 is 5.51. The predicted molar refractivity (Wildman–Crippen MR) is 92.8 cm³/mol. The minimum atomic E-state index is -1.07. The van der Waals surface area contributed by atoms with Crippen molar-refractivity contribution in [1.82, 2.24) is 0 Å². The molecule has 0 aliphatic carbocycles. The molecule has 1 aliphatic heterocycles. The minimum absolute atomic E-state index is 0.0901. The molecule has 1 aromatic carbocycles. The van der Waals surface area contributed by atoms with E-state index in [1.165, 1.54) is 6.92 Å². The second kappa shape index (κ2) is 8.72. The largest absolute Gasteiger partial charge is 0.449 e. The van der Waals surface area contributed by atoms with Crippen molar-refractivity contribution >= 4 is 17.5 Å². The van der Waals surface area contributed by atoms with Crippen LogP contribution in [0, 0.1) is 5.92 Å². The first-order chi connectivity index (χ1) is 11.9. The fourth-order valence-corrected chi connectivity index (χ4v) is 2.86. The van der Waals surface area contributed by atoms with Crippen LogP contribution in [0.15, 0.2) is 36.4 Å². The first-order valence-corrected chi connectivity index (χ1v) is 8.52. The van der Waals surface area contributed by atoms with E-state index in [0.717, 1.165) is 5.56 Å². The van der Waals surface area contributed by atoms with Gasteiger partial charge in [0.1, 0.15) is 5.78 Å². The van der Waals surface area contributed by atoms with Gasteiger partial charge in [-0.2, -0.15) is 0 Å². The van der Waals surface area contributed by atoms with Gasteiger partial charge < -0.3 is 9.84 Å². The SMILES string of the molecule is CC(=O)C[C@@H](O)CC(=O)[C@H]1OC(=O)[C@@H](C)C/C=C\Cc2ccccc21. The molecule has 134 valence electrons. The van der Waals surface area contributed by atoms with Crippen molar-refractivity contribution in [1.29, 1.82) is 0 Å². The highest BCUT2D eigenvalue weighted by Gasteiger charge is 2.30. The lowest BCUT2D eigenvalue weighted by Gasteiger charge is -2.23. The molecule has 0 amide bonds. The number of aliphatic hydroxyl groups is 1. The number of carbonyl (C=O) groups is 3. The van der Waals surface area contributed by atoms with Gasteiger partial charge in [-0.3, -0.25) is 14.4 Å². The average molecular weight is 344 g/mol. The van der Waals surface area contributed by atoms with Gasteiger partial charge in [0, 0.05) is 18.4 Å². The van der Waals surface area contributed by atoms with E-state index in [1.54, 1.807) is 19.1 Å². The van der Waals surface area contributed by atoms with Crippen LogP contribution in [0.2, 0.25) is 0 Å². The highest BCUT2D eigenvalue weighted by Crippen LogP contribution is 2.28. The Morgan fingerprint density at radius 3 is 2.68 bits per heavy atom. The summed E-state index contributed by atoms with van der Waals surface area (Å²) in [6.45, 7) is 3.12. The maximum Gasteiger partial charge on any atom is 0.310 e. The van der Waals surface area contributed by atoms with E-state index in [1.807, 2.05) is 24.3 Å². The van der Waals surface area contributed by atoms with E-state index < -0.39 is 24.0 Å². The van der Waals surface area contributed by atoms with Gasteiger partial charge in [-0.15, -0.1) is 0 Å². The van der Waals surface area contributed by atoms with E-state index in [4.69, 9.17) is 4.74 Å². The molecule has 0 saturated heterocycles. The fourth-order valence-electron chi connectivity index (χ4n) is 2.86. The van der Waals surface area contributed by atoms with Crippen LogP contribution in [-0.4, -0.2) is 28.7 Å². The molecule has 0 spiro atoms. The number of ketones is 2. The molecule has 0 saturated carbocycles. The van der Waals surface area contributed by atoms with E-state index in [0.29, 0.717) is 18.4 Å². The molecule has 1 aliphatic rings. The molecule has 3 atom stereocenters. The van der Waals surface area contributed by atoms with Gasteiger partial charge in [-0.05, 0) is 25.3 Å². The van der Waals surface area contributed by atoms with Gasteiger partial charge in [0.2, 0.25) is 0 Å². The summed E-state index contributed by atoms with van der Waals surface area (Å²) in [6, 6.07) is 7.32. The fraction of sp³-hybridized carbons (Fsp3) is 0.450. The summed E-state index contributed by atoms with van der Waals surface area (Å²) in [7, 11) is 0. The quantitative estimate of drug-likeness (QED) is 0.656. The third-order valence-corrected chi connectivity index (χ3v) is 4.22. The lowest BCUT2D eigenvalue weighted by Crippen LogP contribution is -2.27. The number of hydrogen-bond acceptors (Lipinski definition) is 5. The van der Waals surface area contributed by atoms with Crippen molar-refractivity contribution in [3.63, 3.8) is 0 Å². The van der Waals surface area contributed by atoms with Gasteiger partial charge in [0.05, 0.1) is 12.0 Å². The zero-order valence-electron chi connectivity index (χ0n) is 14.6. The number of allylic oxidation sites excluding steroid dienone is 2. The van der Waals surface area contributed by atoms with Crippen molar-refractivity contribution in [3.05, 3.63) is 47.5 Å². The molecule has 5 heteroatoms. The van der Waals surface area contributed by atoms with Crippen molar-refractivity contribution < 1.29 is 24.2 Å². The third kappa shape index (κ3) is 5.36. The summed E-state index contributed by atoms with van der Waals surface area (Å²) in [6.07, 6.45) is 2.68. The molecule has 0 fully saturated rings. The van der Waals surface area contributed by atoms with Crippen LogP contribution in [0.3, 0.4) is 0 Å². The minimum Gasteiger partial charge on any atom is -0.449 e. The van der Waals surface area contributed by atoms with Crippen LogP contribution in [0.5, 0.6) is 0 Å². The number of ether oxygens (including phenoxy) is 1. The highest BCUT2D eigenvalue weighted by atomic mass is 16.5. The summed E-state index contributed by atoms with van der Waals surface area (Å²) in [5, 5.41) is 9.92. The molecule has 1 aromatic rings. The molecule has 1 heterocycles. The lowest BCUT2D eigenvalue weighted by molar-refractivity contribution is -0.160. The Kier molecular flexibility index (Phi) is 6.65. The van der Waals surface area contributed by atoms with Gasteiger partial charge >= 0.3 is 5.97 Å². The Morgan fingerprint density at radius 1 is 1.24 bits per heavy atom. The first-order valence-electron chi connectivity index (χ1n) is 8.52. The van der Waals surface area contributed by atoms with Crippen LogP contribution in [0.25, 0.3) is 0 Å². The average Bonchev–Trinajstić information content (AvgIpc) is 2.55. The van der Waals surface area contributed by atoms with Crippen LogP contribution < -0.4 is 0 Å². The third-order valence-electron chi connectivity index (χ3n) is 4.22.